The Hall–Kier alpha value is -2.30. The fourth-order valence-corrected chi connectivity index (χ4v) is 2.54. The van der Waals surface area contributed by atoms with Gasteiger partial charge < -0.3 is 14.7 Å². The number of amides is 2. The number of urea groups is 1. The van der Waals surface area contributed by atoms with Crippen LogP contribution >= 0.6 is 0 Å². The summed E-state index contributed by atoms with van der Waals surface area (Å²) in [4.78, 5) is 14.2. The third-order valence-corrected chi connectivity index (χ3v) is 3.62. The lowest BCUT2D eigenvalue weighted by atomic mass is 10.1. The van der Waals surface area contributed by atoms with Crippen LogP contribution in [0.2, 0.25) is 0 Å². The van der Waals surface area contributed by atoms with Crippen molar-refractivity contribution < 1.29 is 9.32 Å². The second-order valence-electron chi connectivity index (χ2n) is 5.07. The van der Waals surface area contributed by atoms with E-state index >= 15 is 0 Å². The van der Waals surface area contributed by atoms with Gasteiger partial charge in [0.2, 0.25) is 0 Å². The van der Waals surface area contributed by atoms with Crippen molar-refractivity contribution in [3.63, 3.8) is 0 Å². The molecule has 20 heavy (non-hydrogen) atoms. The number of carbonyl (C=O) groups is 1. The van der Waals surface area contributed by atoms with E-state index in [1.807, 2.05) is 42.2 Å². The van der Waals surface area contributed by atoms with Crippen LogP contribution in [-0.4, -0.2) is 22.6 Å². The van der Waals surface area contributed by atoms with Crippen LogP contribution < -0.4 is 5.32 Å². The van der Waals surface area contributed by atoms with Crippen molar-refractivity contribution >= 4 is 11.7 Å². The zero-order valence-electron chi connectivity index (χ0n) is 11.4. The average Bonchev–Trinajstić information content (AvgIpc) is 3.11. The molecule has 2 heterocycles. The van der Waals surface area contributed by atoms with Crippen LogP contribution in [0.3, 0.4) is 0 Å². The molecule has 5 nitrogen and oxygen atoms in total. The van der Waals surface area contributed by atoms with E-state index in [9.17, 15) is 4.79 Å². The molecular weight excluding hydrogens is 254 g/mol. The van der Waals surface area contributed by atoms with Gasteiger partial charge in [-0.2, -0.15) is 0 Å². The Kier molecular flexibility index (Phi) is 3.41. The van der Waals surface area contributed by atoms with Crippen molar-refractivity contribution in [1.82, 2.24) is 10.1 Å². The molecule has 0 unspecified atom stereocenters. The van der Waals surface area contributed by atoms with Gasteiger partial charge in [0.15, 0.2) is 0 Å². The van der Waals surface area contributed by atoms with E-state index in [2.05, 4.69) is 10.5 Å². The predicted octanol–water partition coefficient (Wildman–Crippen LogP) is 3.35. The number of nitrogens with zero attached hydrogens (tertiary/aromatic N) is 2. The molecule has 2 amide bonds. The SMILES string of the molecule is Cc1ccc(NC(=O)N2CCC[C@@H]2c2ccon2)cc1. The molecule has 0 saturated carbocycles. The Balaban J connectivity index is 1.71. The Morgan fingerprint density at radius 1 is 1.35 bits per heavy atom. The van der Waals surface area contributed by atoms with Gasteiger partial charge in [-0.1, -0.05) is 22.9 Å². The number of rotatable bonds is 2. The van der Waals surface area contributed by atoms with Crippen LogP contribution in [0.4, 0.5) is 10.5 Å². The lowest BCUT2D eigenvalue weighted by Crippen LogP contribution is -2.34. The highest BCUT2D eigenvalue weighted by Gasteiger charge is 2.31. The van der Waals surface area contributed by atoms with Gasteiger partial charge in [0.25, 0.3) is 0 Å². The second kappa shape index (κ2) is 5.36. The third kappa shape index (κ3) is 2.52. The molecule has 3 rings (SSSR count). The standard InChI is InChI=1S/C15H17N3O2/c1-11-4-6-12(7-5-11)16-15(19)18-9-2-3-14(18)13-8-10-20-17-13/h4-8,10,14H,2-3,9H2,1H3,(H,16,19)/t14-/m1/s1. The summed E-state index contributed by atoms with van der Waals surface area (Å²) < 4.78 is 4.88. The minimum Gasteiger partial charge on any atom is -0.364 e. The maximum absolute atomic E-state index is 12.4. The molecule has 1 saturated heterocycles. The first-order valence-corrected chi connectivity index (χ1v) is 6.78. The van der Waals surface area contributed by atoms with E-state index in [0.717, 1.165) is 30.8 Å². The van der Waals surface area contributed by atoms with Gasteiger partial charge in [-0.25, -0.2) is 4.79 Å². The summed E-state index contributed by atoms with van der Waals surface area (Å²) in [7, 11) is 0. The number of hydrogen-bond acceptors (Lipinski definition) is 3. The lowest BCUT2D eigenvalue weighted by molar-refractivity contribution is 0.204. The van der Waals surface area contributed by atoms with Gasteiger partial charge in [-0.05, 0) is 31.9 Å². The van der Waals surface area contributed by atoms with Gasteiger partial charge in [-0.15, -0.1) is 0 Å². The van der Waals surface area contributed by atoms with Crippen LogP contribution in [0.15, 0.2) is 41.1 Å². The Morgan fingerprint density at radius 3 is 2.85 bits per heavy atom. The van der Waals surface area contributed by atoms with Gasteiger partial charge in [-0.3, -0.25) is 0 Å². The summed E-state index contributed by atoms with van der Waals surface area (Å²) in [5, 5.41) is 6.88. The maximum Gasteiger partial charge on any atom is 0.322 e. The number of nitrogens with one attached hydrogen (secondary N) is 1. The predicted molar refractivity (Wildman–Crippen MR) is 75.4 cm³/mol. The molecule has 1 N–H and O–H groups in total. The summed E-state index contributed by atoms with van der Waals surface area (Å²) in [6, 6.07) is 9.53. The Morgan fingerprint density at radius 2 is 2.15 bits per heavy atom. The van der Waals surface area contributed by atoms with Gasteiger partial charge in [0.05, 0.1) is 6.04 Å². The van der Waals surface area contributed by atoms with Crippen molar-refractivity contribution in [2.24, 2.45) is 0 Å². The molecule has 1 aromatic heterocycles. The number of carbonyl (C=O) groups excluding carboxylic acids is 1. The summed E-state index contributed by atoms with van der Waals surface area (Å²) >= 11 is 0. The van der Waals surface area contributed by atoms with E-state index in [1.54, 1.807) is 6.26 Å². The topological polar surface area (TPSA) is 58.4 Å². The first-order chi connectivity index (χ1) is 9.74. The minimum absolute atomic E-state index is 0.0131. The molecule has 2 aromatic rings. The summed E-state index contributed by atoms with van der Waals surface area (Å²) in [6.07, 6.45) is 3.45. The highest BCUT2D eigenvalue weighted by Crippen LogP contribution is 2.31. The normalized spacial score (nSPS) is 18.2. The molecule has 5 heteroatoms. The smallest absolute Gasteiger partial charge is 0.322 e. The van der Waals surface area contributed by atoms with E-state index in [0.29, 0.717) is 0 Å². The fraction of sp³-hybridized carbons (Fsp3) is 0.333. The zero-order valence-corrected chi connectivity index (χ0v) is 11.4. The number of aromatic nitrogens is 1. The Bertz CT molecular complexity index is 578. The van der Waals surface area contributed by atoms with Crippen molar-refractivity contribution in [2.75, 3.05) is 11.9 Å². The van der Waals surface area contributed by atoms with E-state index < -0.39 is 0 Å². The molecule has 1 atom stereocenters. The molecule has 1 aromatic carbocycles. The molecule has 1 aliphatic heterocycles. The van der Waals surface area contributed by atoms with Crippen LogP contribution in [0.1, 0.15) is 30.1 Å². The average molecular weight is 271 g/mol. The summed E-state index contributed by atoms with van der Waals surface area (Å²) in [6.45, 7) is 2.77. The van der Waals surface area contributed by atoms with Crippen LogP contribution in [0.5, 0.6) is 0 Å². The zero-order chi connectivity index (χ0) is 13.9. The molecule has 0 radical (unpaired) electrons. The van der Waals surface area contributed by atoms with Crippen LogP contribution in [0.25, 0.3) is 0 Å². The lowest BCUT2D eigenvalue weighted by Gasteiger charge is -2.23. The number of benzene rings is 1. The summed E-state index contributed by atoms with van der Waals surface area (Å²) in [5.41, 5.74) is 2.80. The number of aryl methyl sites for hydroxylation is 1. The molecule has 1 aliphatic rings. The highest BCUT2D eigenvalue weighted by atomic mass is 16.5. The third-order valence-electron chi connectivity index (χ3n) is 3.62. The monoisotopic (exact) mass is 271 g/mol. The Labute approximate surface area is 117 Å². The largest absolute Gasteiger partial charge is 0.364 e. The second-order valence-corrected chi connectivity index (χ2v) is 5.07. The number of anilines is 1. The van der Waals surface area contributed by atoms with Crippen molar-refractivity contribution in [2.45, 2.75) is 25.8 Å². The van der Waals surface area contributed by atoms with Gasteiger partial charge in [0, 0.05) is 18.3 Å². The first kappa shape index (κ1) is 12.7. The molecule has 104 valence electrons. The minimum atomic E-state index is -0.0839. The molecule has 0 bridgehead atoms. The molecule has 1 fully saturated rings. The number of likely N-dealkylation sites (tertiary alicyclic amines) is 1. The quantitative estimate of drug-likeness (QED) is 0.911. The highest BCUT2D eigenvalue weighted by molar-refractivity contribution is 5.89. The molecular formula is C15H17N3O2. The van der Waals surface area contributed by atoms with Crippen molar-refractivity contribution in [3.05, 3.63) is 47.9 Å². The first-order valence-electron chi connectivity index (χ1n) is 6.78. The molecule has 0 spiro atoms. The summed E-state index contributed by atoms with van der Waals surface area (Å²) in [5.74, 6) is 0. The van der Waals surface area contributed by atoms with E-state index in [4.69, 9.17) is 4.52 Å². The maximum atomic E-state index is 12.4. The van der Waals surface area contributed by atoms with Gasteiger partial charge >= 0.3 is 6.03 Å². The fourth-order valence-electron chi connectivity index (χ4n) is 2.54. The van der Waals surface area contributed by atoms with Crippen molar-refractivity contribution in [1.29, 1.82) is 0 Å². The van der Waals surface area contributed by atoms with E-state index in [-0.39, 0.29) is 12.1 Å². The van der Waals surface area contributed by atoms with Gasteiger partial charge in [0.1, 0.15) is 12.0 Å². The van der Waals surface area contributed by atoms with Crippen LogP contribution in [-0.2, 0) is 0 Å². The van der Waals surface area contributed by atoms with Crippen molar-refractivity contribution in [3.8, 4) is 0 Å². The molecule has 0 aliphatic carbocycles. The van der Waals surface area contributed by atoms with E-state index in [1.165, 1.54) is 5.56 Å². The van der Waals surface area contributed by atoms with Crippen LogP contribution in [0, 0.1) is 6.92 Å². The number of hydrogen-bond donors (Lipinski definition) is 1.